The van der Waals surface area contributed by atoms with E-state index in [1.54, 1.807) is 0 Å². The van der Waals surface area contributed by atoms with Crippen molar-refractivity contribution >= 4 is 11.5 Å². The number of aryl methyl sites for hydroxylation is 2. The van der Waals surface area contributed by atoms with Gasteiger partial charge in [-0.3, -0.25) is 9.69 Å². The van der Waals surface area contributed by atoms with Crippen molar-refractivity contribution in [2.75, 3.05) is 20.7 Å². The molecule has 0 fully saturated rings. The average Bonchev–Trinajstić information content (AvgIpc) is 3.41. The van der Waals surface area contributed by atoms with Crippen molar-refractivity contribution in [2.45, 2.75) is 66.0 Å². The second-order valence-corrected chi connectivity index (χ2v) is 9.88. The number of carboxylic acids is 1. The van der Waals surface area contributed by atoms with Crippen LogP contribution in [-0.2, 0) is 30.7 Å². The molecule has 41 heavy (non-hydrogen) atoms. The summed E-state index contributed by atoms with van der Waals surface area (Å²) >= 11 is 0. The Balaban J connectivity index is 0.000000410. The molecule has 0 amide bonds. The Bertz CT molecular complexity index is 1240. The first-order chi connectivity index (χ1) is 19.9. The first-order valence-corrected chi connectivity index (χ1v) is 14.7. The molecule has 220 valence electrons. The summed E-state index contributed by atoms with van der Waals surface area (Å²) in [6, 6.07) is 24.8. The predicted molar refractivity (Wildman–Crippen MR) is 172 cm³/mol. The van der Waals surface area contributed by atoms with E-state index in [0.29, 0.717) is 13.0 Å². The van der Waals surface area contributed by atoms with Gasteiger partial charge in [0.25, 0.3) is 0 Å². The van der Waals surface area contributed by atoms with Gasteiger partial charge in [-0.25, -0.2) is 0 Å². The highest BCUT2D eigenvalue weighted by atomic mass is 16.5. The van der Waals surface area contributed by atoms with Crippen molar-refractivity contribution < 1.29 is 14.6 Å². The van der Waals surface area contributed by atoms with Gasteiger partial charge in [0, 0.05) is 44.2 Å². The van der Waals surface area contributed by atoms with Crippen LogP contribution in [0.5, 0.6) is 5.75 Å². The highest BCUT2D eigenvalue weighted by Crippen LogP contribution is 2.34. The second-order valence-electron chi connectivity index (χ2n) is 9.88. The summed E-state index contributed by atoms with van der Waals surface area (Å²) in [4.78, 5) is 13.2. The van der Waals surface area contributed by atoms with E-state index in [1.165, 1.54) is 33.5 Å². The van der Waals surface area contributed by atoms with Crippen molar-refractivity contribution in [3.8, 4) is 5.75 Å². The molecule has 0 bridgehead atoms. The number of hydrogen-bond acceptors (Lipinski definition) is 4. The molecule has 0 unspecified atom stereocenters. The summed E-state index contributed by atoms with van der Waals surface area (Å²) in [6.45, 7) is 12.1. The van der Waals surface area contributed by atoms with E-state index < -0.39 is 5.97 Å². The lowest BCUT2D eigenvalue weighted by atomic mass is 9.99. The quantitative estimate of drug-likeness (QED) is 0.222. The molecule has 0 saturated heterocycles. The third kappa shape index (κ3) is 10.9. The number of rotatable bonds is 12. The van der Waals surface area contributed by atoms with Crippen LogP contribution in [0.4, 0.5) is 0 Å². The third-order valence-electron chi connectivity index (χ3n) is 7.00. The van der Waals surface area contributed by atoms with Crippen LogP contribution in [-0.4, -0.2) is 36.7 Å². The number of benzene rings is 3. The van der Waals surface area contributed by atoms with Crippen LogP contribution >= 0.6 is 0 Å². The van der Waals surface area contributed by atoms with Crippen molar-refractivity contribution in [3.63, 3.8) is 0 Å². The van der Waals surface area contributed by atoms with Crippen LogP contribution < -0.4 is 10.1 Å². The highest BCUT2D eigenvalue weighted by molar-refractivity contribution is 5.67. The van der Waals surface area contributed by atoms with Crippen molar-refractivity contribution in [2.24, 2.45) is 0 Å². The van der Waals surface area contributed by atoms with Gasteiger partial charge in [-0.1, -0.05) is 86.7 Å². The molecule has 5 nitrogen and oxygen atoms in total. The Morgan fingerprint density at radius 3 is 2.20 bits per heavy atom. The predicted octanol–water partition coefficient (Wildman–Crippen LogP) is 7.90. The van der Waals surface area contributed by atoms with Crippen molar-refractivity contribution in [1.29, 1.82) is 0 Å². The first kappa shape index (κ1) is 33.4. The Kier molecular flexibility index (Phi) is 15.1. The van der Waals surface area contributed by atoms with E-state index >= 15 is 0 Å². The molecule has 1 aliphatic rings. The largest absolute Gasteiger partial charge is 0.493 e. The summed E-state index contributed by atoms with van der Waals surface area (Å²) in [7, 11) is 4.03. The maximum absolute atomic E-state index is 10.9. The molecule has 1 aliphatic heterocycles. The number of nitrogens with zero attached hydrogens (tertiary/aromatic N) is 1. The maximum atomic E-state index is 10.9. The first-order valence-electron chi connectivity index (χ1n) is 14.7. The fraction of sp³-hybridized carbons (Fsp3) is 0.361. The Hall–Kier alpha value is -3.83. The monoisotopic (exact) mass is 556 g/mol. The van der Waals surface area contributed by atoms with Crippen LogP contribution in [0.3, 0.4) is 0 Å². The fourth-order valence-corrected chi connectivity index (χ4v) is 4.84. The Morgan fingerprint density at radius 1 is 0.951 bits per heavy atom. The fourth-order valence-electron chi connectivity index (χ4n) is 4.84. The van der Waals surface area contributed by atoms with Crippen LogP contribution in [0.2, 0.25) is 0 Å². The molecule has 2 N–H and O–H groups in total. The highest BCUT2D eigenvalue weighted by Gasteiger charge is 2.23. The minimum atomic E-state index is -0.759. The summed E-state index contributed by atoms with van der Waals surface area (Å²) in [5.41, 5.74) is 8.55. The molecular formula is C36H48N2O3. The molecule has 0 aliphatic carbocycles. The van der Waals surface area contributed by atoms with Crippen LogP contribution in [0.15, 0.2) is 91.1 Å². The molecule has 3 aromatic carbocycles. The van der Waals surface area contributed by atoms with Gasteiger partial charge in [-0.2, -0.15) is 0 Å². The normalized spacial score (nSPS) is 12.5. The van der Waals surface area contributed by atoms with Gasteiger partial charge in [-0.15, -0.1) is 6.58 Å². The number of ether oxygens (including phenoxy) is 1. The van der Waals surface area contributed by atoms with E-state index in [4.69, 9.17) is 9.84 Å². The van der Waals surface area contributed by atoms with E-state index in [-0.39, 0.29) is 6.42 Å². The lowest BCUT2D eigenvalue weighted by Gasteiger charge is -2.16. The van der Waals surface area contributed by atoms with Crippen LogP contribution in [0.1, 0.15) is 67.9 Å². The number of carbonyl (C=O) groups is 1. The number of allylic oxidation sites excluding steroid dienone is 2. The molecule has 0 aromatic heterocycles. The summed E-state index contributed by atoms with van der Waals surface area (Å²) in [6.07, 6.45) is 5.66. The number of fused-ring (bicyclic) bond motifs is 1. The van der Waals surface area contributed by atoms with Gasteiger partial charge in [-0.05, 0) is 67.1 Å². The van der Waals surface area contributed by atoms with Gasteiger partial charge < -0.3 is 15.2 Å². The Morgan fingerprint density at radius 2 is 1.59 bits per heavy atom. The summed E-state index contributed by atoms with van der Waals surface area (Å²) < 4.78 is 6.18. The lowest BCUT2D eigenvalue weighted by Crippen LogP contribution is -2.12. The zero-order chi connectivity index (χ0) is 30.0. The maximum Gasteiger partial charge on any atom is 0.303 e. The van der Waals surface area contributed by atoms with Gasteiger partial charge >= 0.3 is 5.97 Å². The number of nitrogens with one attached hydrogen (secondary N) is 1. The molecule has 1 heterocycles. The average molecular weight is 557 g/mol. The summed E-state index contributed by atoms with van der Waals surface area (Å²) in [5, 5.41) is 12.3. The van der Waals surface area contributed by atoms with Gasteiger partial charge in [0.2, 0.25) is 0 Å². The van der Waals surface area contributed by atoms with Crippen LogP contribution in [0, 0.1) is 0 Å². The molecule has 0 saturated carbocycles. The second kappa shape index (κ2) is 18.5. The smallest absolute Gasteiger partial charge is 0.303 e. The van der Waals surface area contributed by atoms with Gasteiger partial charge in [0.05, 0.1) is 6.61 Å². The molecular weight excluding hydrogens is 508 g/mol. The molecule has 0 spiro atoms. The van der Waals surface area contributed by atoms with Crippen molar-refractivity contribution in [3.05, 3.63) is 119 Å². The summed E-state index contributed by atoms with van der Waals surface area (Å²) in [5.74, 6) is 0.154. The number of hydrogen-bond donors (Lipinski definition) is 2. The van der Waals surface area contributed by atoms with Crippen molar-refractivity contribution in [1.82, 2.24) is 10.2 Å². The zero-order valence-corrected chi connectivity index (χ0v) is 25.6. The number of aliphatic carboxylic acids is 1. The molecule has 0 radical (unpaired) electrons. The third-order valence-corrected chi connectivity index (χ3v) is 7.00. The molecule has 3 aromatic rings. The van der Waals surface area contributed by atoms with E-state index in [9.17, 15) is 4.79 Å². The van der Waals surface area contributed by atoms with E-state index in [1.807, 2.05) is 63.4 Å². The lowest BCUT2D eigenvalue weighted by molar-refractivity contribution is -0.136. The SMILES string of the molecule is C=CCCc1ccccc1.CC.CN/C(CCOc1ccc(CCC(=O)O)c2c1CN(C)C2)=C(/C)c1ccccc1. The van der Waals surface area contributed by atoms with Gasteiger partial charge in [0.1, 0.15) is 5.75 Å². The van der Waals surface area contributed by atoms with Crippen LogP contribution in [0.25, 0.3) is 5.57 Å². The Labute approximate surface area is 247 Å². The topological polar surface area (TPSA) is 61.8 Å². The van der Waals surface area contributed by atoms with Gasteiger partial charge in [0.15, 0.2) is 0 Å². The van der Waals surface area contributed by atoms with E-state index in [0.717, 1.165) is 43.7 Å². The molecule has 0 atom stereocenters. The zero-order valence-electron chi connectivity index (χ0n) is 25.6. The van der Waals surface area contributed by atoms with E-state index in [2.05, 4.69) is 67.2 Å². The minimum Gasteiger partial charge on any atom is -0.493 e. The molecule has 5 heteroatoms. The molecule has 4 rings (SSSR count). The standard InChI is InChI=1S/C24H30N2O3.C10H12.C2H6/c1-17(18-7-5-4-6-8-18)22(25-2)13-14-29-23-11-9-19(10-12-24(27)28)20-15-26(3)16-21(20)23;1-2-3-7-10-8-5-4-6-9-10;1-2/h4-9,11,25H,10,12-16H2,1-3H3,(H,27,28);2,4-6,8-9H,1,3,7H2;1-2H3/b22-17-;;. The number of carboxylic acid groups (broad SMARTS) is 1. The minimum absolute atomic E-state index is 0.158.